The Hall–Kier alpha value is -2.95. The van der Waals surface area contributed by atoms with E-state index in [4.69, 9.17) is 14.8 Å². The molecule has 5 heteroatoms. The topological polar surface area (TPSA) is 57.0 Å². The minimum absolute atomic E-state index is 0.220. The van der Waals surface area contributed by atoms with Gasteiger partial charge in [0.05, 0.1) is 13.2 Å². The molecule has 0 spiro atoms. The van der Waals surface area contributed by atoms with Crippen LogP contribution in [-0.4, -0.2) is 27.3 Å². The highest BCUT2D eigenvalue weighted by molar-refractivity contribution is 5.77. The smallest absolute Gasteiger partial charge is 0.317 e. The van der Waals surface area contributed by atoms with Crippen LogP contribution in [0, 0.1) is 0 Å². The van der Waals surface area contributed by atoms with Crippen molar-refractivity contribution in [2.75, 3.05) is 6.61 Å². The molecular weight excluding hydrogens is 362 g/mol. The number of nitrogens with zero attached hydrogens (tertiary/aromatic N) is 3. The average Bonchev–Trinajstić information content (AvgIpc) is 3.12. The van der Waals surface area contributed by atoms with Crippen molar-refractivity contribution in [3.8, 4) is 0 Å². The van der Waals surface area contributed by atoms with E-state index in [1.807, 2.05) is 60.1 Å². The predicted molar refractivity (Wildman–Crippen MR) is 114 cm³/mol. The van der Waals surface area contributed by atoms with Gasteiger partial charge in [-0.3, -0.25) is 4.79 Å². The average molecular weight is 392 g/mol. The highest BCUT2D eigenvalue weighted by Crippen LogP contribution is 2.26. The summed E-state index contributed by atoms with van der Waals surface area (Å²) in [4.78, 5) is 17.7. The number of esters is 1. The van der Waals surface area contributed by atoms with Gasteiger partial charge in [-0.1, -0.05) is 81.4 Å². The zero-order valence-corrected chi connectivity index (χ0v) is 17.6. The molecule has 3 aromatic rings. The van der Waals surface area contributed by atoms with E-state index < -0.39 is 5.92 Å². The summed E-state index contributed by atoms with van der Waals surface area (Å²) in [5, 5.41) is 4.78. The van der Waals surface area contributed by atoms with Crippen LogP contribution in [-0.2, 0) is 27.9 Å². The fourth-order valence-electron chi connectivity index (χ4n) is 3.18. The number of carbonyl (C=O) groups is 1. The maximum Gasteiger partial charge on any atom is 0.317 e. The number of carbonyl (C=O) groups excluding carboxylic acids is 1. The zero-order chi connectivity index (χ0) is 20.9. The summed E-state index contributed by atoms with van der Waals surface area (Å²) in [6, 6.07) is 20.1. The first kappa shape index (κ1) is 20.8. The Kier molecular flexibility index (Phi) is 6.47. The Labute approximate surface area is 172 Å². The molecular formula is C24H29N3O2. The second kappa shape index (κ2) is 9.03. The maximum absolute atomic E-state index is 12.9. The van der Waals surface area contributed by atoms with Crippen molar-refractivity contribution in [2.45, 2.75) is 52.0 Å². The SMILES string of the molecule is CCOC(=O)[C@H](Cc1ccccc1)c1nc(C(C)(C)C)nn1Cc1ccccc1. The molecule has 0 amide bonds. The Morgan fingerprint density at radius 3 is 2.14 bits per heavy atom. The van der Waals surface area contributed by atoms with Gasteiger partial charge in [0.1, 0.15) is 11.7 Å². The van der Waals surface area contributed by atoms with Crippen LogP contribution in [0.5, 0.6) is 0 Å². The van der Waals surface area contributed by atoms with E-state index in [9.17, 15) is 4.79 Å². The van der Waals surface area contributed by atoms with Gasteiger partial charge >= 0.3 is 5.97 Å². The summed E-state index contributed by atoms with van der Waals surface area (Å²) in [7, 11) is 0. The van der Waals surface area contributed by atoms with Crippen LogP contribution in [0.15, 0.2) is 60.7 Å². The van der Waals surface area contributed by atoms with Gasteiger partial charge in [-0.05, 0) is 24.5 Å². The van der Waals surface area contributed by atoms with Crippen molar-refractivity contribution in [1.82, 2.24) is 14.8 Å². The lowest BCUT2D eigenvalue weighted by molar-refractivity contribution is -0.145. The Balaban J connectivity index is 2.04. The first-order valence-electron chi connectivity index (χ1n) is 10.1. The molecule has 2 aromatic carbocycles. The largest absolute Gasteiger partial charge is 0.465 e. The lowest BCUT2D eigenvalue weighted by Crippen LogP contribution is -2.23. The Bertz CT molecular complexity index is 928. The van der Waals surface area contributed by atoms with Gasteiger partial charge in [-0.15, -0.1) is 0 Å². The summed E-state index contributed by atoms with van der Waals surface area (Å²) in [5.74, 6) is 0.607. The fourth-order valence-corrected chi connectivity index (χ4v) is 3.18. The summed E-state index contributed by atoms with van der Waals surface area (Å²) >= 11 is 0. The lowest BCUT2D eigenvalue weighted by Gasteiger charge is -2.16. The predicted octanol–water partition coefficient (Wildman–Crippen LogP) is 4.51. The van der Waals surface area contributed by atoms with Gasteiger partial charge in [-0.2, -0.15) is 5.10 Å². The van der Waals surface area contributed by atoms with Gasteiger partial charge in [0.25, 0.3) is 0 Å². The highest BCUT2D eigenvalue weighted by atomic mass is 16.5. The number of aromatic nitrogens is 3. The van der Waals surface area contributed by atoms with Gasteiger partial charge in [-0.25, -0.2) is 9.67 Å². The van der Waals surface area contributed by atoms with Gasteiger partial charge < -0.3 is 4.74 Å². The van der Waals surface area contributed by atoms with Crippen LogP contribution in [0.3, 0.4) is 0 Å². The standard InChI is InChI=1S/C24H29N3O2/c1-5-29-22(28)20(16-18-12-8-6-9-13-18)21-25-23(24(2,3)4)26-27(21)17-19-14-10-7-11-15-19/h6-15,20H,5,16-17H2,1-4H3/t20-/m1/s1. The normalized spacial score (nSPS) is 12.6. The zero-order valence-electron chi connectivity index (χ0n) is 17.6. The summed E-state index contributed by atoms with van der Waals surface area (Å²) in [5.41, 5.74) is 1.96. The first-order valence-corrected chi connectivity index (χ1v) is 10.1. The van der Waals surface area contributed by atoms with Crippen LogP contribution >= 0.6 is 0 Å². The van der Waals surface area contributed by atoms with Gasteiger partial charge in [0.15, 0.2) is 5.82 Å². The molecule has 0 N–H and O–H groups in total. The van der Waals surface area contributed by atoms with Crippen molar-refractivity contribution in [3.63, 3.8) is 0 Å². The molecule has 0 unspecified atom stereocenters. The molecule has 0 aliphatic heterocycles. The second-order valence-corrected chi connectivity index (χ2v) is 8.18. The van der Waals surface area contributed by atoms with Crippen LogP contribution in [0.25, 0.3) is 0 Å². The van der Waals surface area contributed by atoms with Crippen LogP contribution in [0.4, 0.5) is 0 Å². The quantitative estimate of drug-likeness (QED) is 0.556. The van der Waals surface area contributed by atoms with E-state index in [2.05, 4.69) is 32.9 Å². The van der Waals surface area contributed by atoms with Crippen LogP contribution < -0.4 is 0 Å². The number of hydrogen-bond donors (Lipinski definition) is 0. The van der Waals surface area contributed by atoms with Crippen LogP contribution in [0.2, 0.25) is 0 Å². The molecule has 0 aliphatic rings. The number of hydrogen-bond acceptors (Lipinski definition) is 4. The first-order chi connectivity index (χ1) is 13.9. The van der Waals surface area contributed by atoms with Gasteiger partial charge in [0, 0.05) is 5.41 Å². The van der Waals surface area contributed by atoms with E-state index >= 15 is 0 Å². The molecule has 5 nitrogen and oxygen atoms in total. The molecule has 0 saturated carbocycles. The maximum atomic E-state index is 12.9. The van der Waals surface area contributed by atoms with Crippen molar-refractivity contribution >= 4 is 5.97 Å². The van der Waals surface area contributed by atoms with E-state index in [0.29, 0.717) is 25.4 Å². The number of ether oxygens (including phenoxy) is 1. The van der Waals surface area contributed by atoms with Crippen molar-refractivity contribution < 1.29 is 9.53 Å². The number of benzene rings is 2. The highest BCUT2D eigenvalue weighted by Gasteiger charge is 2.31. The molecule has 29 heavy (non-hydrogen) atoms. The van der Waals surface area contributed by atoms with E-state index in [-0.39, 0.29) is 11.4 Å². The van der Waals surface area contributed by atoms with Crippen LogP contribution in [0.1, 0.15) is 56.4 Å². The molecule has 0 fully saturated rings. The van der Waals surface area contributed by atoms with E-state index in [1.54, 1.807) is 0 Å². The summed E-state index contributed by atoms with van der Waals surface area (Å²) in [6.07, 6.45) is 0.525. The molecule has 1 heterocycles. The third-order valence-corrected chi connectivity index (χ3v) is 4.71. The second-order valence-electron chi connectivity index (χ2n) is 8.18. The Morgan fingerprint density at radius 2 is 1.59 bits per heavy atom. The molecule has 1 aromatic heterocycles. The summed E-state index contributed by atoms with van der Waals surface area (Å²) in [6.45, 7) is 8.96. The Morgan fingerprint density at radius 1 is 1.00 bits per heavy atom. The van der Waals surface area contributed by atoms with Crippen molar-refractivity contribution in [3.05, 3.63) is 83.4 Å². The van der Waals surface area contributed by atoms with Crippen molar-refractivity contribution in [2.24, 2.45) is 0 Å². The monoisotopic (exact) mass is 391 g/mol. The van der Waals surface area contributed by atoms with Crippen molar-refractivity contribution in [1.29, 1.82) is 0 Å². The fraction of sp³-hybridized carbons (Fsp3) is 0.375. The van der Waals surface area contributed by atoms with Gasteiger partial charge in [0.2, 0.25) is 0 Å². The van der Waals surface area contributed by atoms with E-state index in [0.717, 1.165) is 17.0 Å². The number of rotatable bonds is 7. The molecule has 0 radical (unpaired) electrons. The molecule has 1 atom stereocenters. The lowest BCUT2D eigenvalue weighted by atomic mass is 9.95. The minimum Gasteiger partial charge on any atom is -0.465 e. The third kappa shape index (κ3) is 5.31. The molecule has 0 aliphatic carbocycles. The molecule has 3 rings (SSSR count). The third-order valence-electron chi connectivity index (χ3n) is 4.71. The minimum atomic E-state index is -0.510. The molecule has 0 bridgehead atoms. The summed E-state index contributed by atoms with van der Waals surface area (Å²) < 4.78 is 7.27. The molecule has 0 saturated heterocycles. The molecule has 152 valence electrons. The van der Waals surface area contributed by atoms with E-state index in [1.165, 1.54) is 0 Å².